The quantitative estimate of drug-likeness (QED) is 0.339. The fourth-order valence-electron chi connectivity index (χ4n) is 4.01. The van der Waals surface area contributed by atoms with Crippen LogP contribution in [0.1, 0.15) is 31.2 Å². The Morgan fingerprint density at radius 3 is 2.65 bits per heavy atom. The van der Waals surface area contributed by atoms with Crippen molar-refractivity contribution in [2.24, 2.45) is 5.92 Å². The number of rotatable bonds is 11. The van der Waals surface area contributed by atoms with Gasteiger partial charge in [-0.15, -0.1) is 11.3 Å². The highest BCUT2D eigenvalue weighted by molar-refractivity contribution is 7.98. The maximum Gasteiger partial charge on any atom is 0.304 e. The number of halogens is 2. The normalized spacial score (nSPS) is 15.2. The first-order valence-corrected chi connectivity index (χ1v) is 14.8. The van der Waals surface area contributed by atoms with E-state index in [2.05, 4.69) is 10.6 Å². The van der Waals surface area contributed by atoms with Crippen LogP contribution in [-0.4, -0.2) is 71.4 Å². The molecule has 0 radical (unpaired) electrons. The number of carboxylic acids is 1. The van der Waals surface area contributed by atoms with Crippen LogP contribution < -0.4 is 10.6 Å². The van der Waals surface area contributed by atoms with Gasteiger partial charge in [0.15, 0.2) is 0 Å². The second-order valence-corrected chi connectivity index (χ2v) is 11.4. The van der Waals surface area contributed by atoms with Crippen molar-refractivity contribution in [2.45, 2.75) is 31.7 Å². The van der Waals surface area contributed by atoms with Crippen LogP contribution >= 0.6 is 46.3 Å². The first-order valence-electron chi connectivity index (χ1n) is 11.8. The molecule has 0 aliphatic carbocycles. The lowest BCUT2D eigenvalue weighted by Gasteiger charge is -2.32. The summed E-state index contributed by atoms with van der Waals surface area (Å²) >= 11 is 15.8. The number of nitrogens with zero attached hydrogens (tertiary/aromatic N) is 1. The SMILES string of the molecule is CSCCC(=O)NCC(CC(=O)O)C(=O)NC1CCN(C(=O)/C=C/c2cc3ccsc3c(Cl)c2Cl)CC1. The van der Waals surface area contributed by atoms with E-state index in [0.717, 1.165) is 10.1 Å². The number of aliphatic carboxylic acids is 1. The number of hydrogen-bond acceptors (Lipinski definition) is 6. The molecule has 3 N–H and O–H groups in total. The molecule has 1 aliphatic rings. The minimum Gasteiger partial charge on any atom is -0.481 e. The van der Waals surface area contributed by atoms with Crippen LogP contribution in [0.4, 0.5) is 0 Å². The van der Waals surface area contributed by atoms with E-state index in [-0.39, 0.29) is 30.8 Å². The maximum atomic E-state index is 12.7. The predicted molar refractivity (Wildman–Crippen MR) is 150 cm³/mol. The van der Waals surface area contributed by atoms with E-state index in [1.165, 1.54) is 29.2 Å². The molecule has 0 spiro atoms. The molecule has 3 amide bonds. The van der Waals surface area contributed by atoms with Gasteiger partial charge in [0.2, 0.25) is 17.7 Å². The highest BCUT2D eigenvalue weighted by atomic mass is 35.5. The third-order valence-corrected chi connectivity index (χ3v) is 8.64. The van der Waals surface area contributed by atoms with Gasteiger partial charge in [-0.1, -0.05) is 23.2 Å². The molecule has 1 atom stereocenters. The molecule has 1 aromatic carbocycles. The Kier molecular flexibility index (Phi) is 11.1. The summed E-state index contributed by atoms with van der Waals surface area (Å²) in [7, 11) is 0. The monoisotopic (exact) mass is 585 g/mol. The third-order valence-electron chi connectivity index (χ3n) is 6.08. The summed E-state index contributed by atoms with van der Waals surface area (Å²) in [5.74, 6) is -2.11. The molecule has 2 aromatic rings. The van der Waals surface area contributed by atoms with Crippen LogP contribution in [0.3, 0.4) is 0 Å². The molecule has 2 heterocycles. The summed E-state index contributed by atoms with van der Waals surface area (Å²) in [6, 6.07) is 3.66. The zero-order chi connectivity index (χ0) is 26.9. The van der Waals surface area contributed by atoms with Crippen molar-refractivity contribution in [3.63, 3.8) is 0 Å². The summed E-state index contributed by atoms with van der Waals surface area (Å²) < 4.78 is 0.905. The van der Waals surface area contributed by atoms with E-state index in [9.17, 15) is 24.3 Å². The number of thiophene rings is 1. The number of piperidine rings is 1. The fourth-order valence-corrected chi connectivity index (χ4v) is 5.84. The molecular formula is C25H29Cl2N3O5S2. The van der Waals surface area contributed by atoms with Crippen molar-refractivity contribution in [3.8, 4) is 0 Å². The number of likely N-dealkylation sites (tertiary alicyclic amines) is 1. The van der Waals surface area contributed by atoms with E-state index in [4.69, 9.17) is 23.2 Å². The Bertz CT molecular complexity index is 1180. The molecule has 200 valence electrons. The number of thioether (sulfide) groups is 1. The molecule has 1 unspecified atom stereocenters. The molecule has 0 bridgehead atoms. The second kappa shape index (κ2) is 14.0. The maximum absolute atomic E-state index is 12.7. The van der Waals surface area contributed by atoms with E-state index < -0.39 is 17.8 Å². The third kappa shape index (κ3) is 8.36. The minimum atomic E-state index is -1.11. The summed E-state index contributed by atoms with van der Waals surface area (Å²) in [5.41, 5.74) is 0.665. The van der Waals surface area contributed by atoms with Gasteiger partial charge in [-0.05, 0) is 53.6 Å². The second-order valence-electron chi connectivity index (χ2n) is 8.72. The van der Waals surface area contributed by atoms with Gasteiger partial charge in [-0.3, -0.25) is 19.2 Å². The van der Waals surface area contributed by atoms with Crippen molar-refractivity contribution in [3.05, 3.63) is 39.2 Å². The van der Waals surface area contributed by atoms with Gasteiger partial charge in [-0.25, -0.2) is 0 Å². The summed E-state index contributed by atoms with van der Waals surface area (Å²) in [6.07, 6.45) is 6.03. The molecule has 1 saturated heterocycles. The van der Waals surface area contributed by atoms with Crippen LogP contribution in [0.25, 0.3) is 16.2 Å². The summed E-state index contributed by atoms with van der Waals surface area (Å²) in [5, 5.41) is 18.5. The topological polar surface area (TPSA) is 116 Å². The van der Waals surface area contributed by atoms with E-state index >= 15 is 0 Å². The van der Waals surface area contributed by atoms with Crippen LogP contribution in [0.5, 0.6) is 0 Å². The lowest BCUT2D eigenvalue weighted by molar-refractivity contribution is -0.141. The van der Waals surface area contributed by atoms with E-state index in [1.54, 1.807) is 11.0 Å². The van der Waals surface area contributed by atoms with Gasteiger partial charge in [0.1, 0.15) is 0 Å². The Labute approximate surface area is 233 Å². The number of carbonyl (C=O) groups is 4. The van der Waals surface area contributed by atoms with Gasteiger partial charge in [0.25, 0.3) is 0 Å². The van der Waals surface area contributed by atoms with E-state index in [0.29, 0.717) is 53.7 Å². The molecule has 8 nitrogen and oxygen atoms in total. The molecule has 3 rings (SSSR count). The van der Waals surface area contributed by atoms with Crippen molar-refractivity contribution in [1.29, 1.82) is 0 Å². The van der Waals surface area contributed by atoms with Gasteiger partial charge >= 0.3 is 5.97 Å². The Balaban J connectivity index is 1.51. The largest absolute Gasteiger partial charge is 0.481 e. The van der Waals surface area contributed by atoms with Crippen LogP contribution in [0, 0.1) is 5.92 Å². The van der Waals surface area contributed by atoms with Crippen molar-refractivity contribution in [1.82, 2.24) is 15.5 Å². The number of nitrogens with one attached hydrogen (secondary N) is 2. The first-order chi connectivity index (χ1) is 17.7. The number of benzene rings is 1. The van der Waals surface area contributed by atoms with Gasteiger partial charge < -0.3 is 20.6 Å². The Morgan fingerprint density at radius 2 is 1.97 bits per heavy atom. The number of amides is 3. The van der Waals surface area contributed by atoms with Crippen LogP contribution in [0.2, 0.25) is 10.0 Å². The zero-order valence-corrected chi connectivity index (χ0v) is 23.4. The first kappa shape index (κ1) is 29.3. The zero-order valence-electron chi connectivity index (χ0n) is 20.3. The average Bonchev–Trinajstić information content (AvgIpc) is 3.35. The van der Waals surface area contributed by atoms with Gasteiger partial charge in [0.05, 0.1) is 27.1 Å². The molecule has 37 heavy (non-hydrogen) atoms. The van der Waals surface area contributed by atoms with Crippen LogP contribution in [0.15, 0.2) is 23.6 Å². The van der Waals surface area contributed by atoms with Crippen molar-refractivity contribution >= 4 is 86.2 Å². The molecule has 0 saturated carbocycles. The smallest absolute Gasteiger partial charge is 0.304 e. The van der Waals surface area contributed by atoms with Crippen LogP contribution in [-0.2, 0) is 19.2 Å². The molecule has 1 aliphatic heterocycles. The van der Waals surface area contributed by atoms with Crippen molar-refractivity contribution in [2.75, 3.05) is 31.6 Å². The van der Waals surface area contributed by atoms with Gasteiger partial charge in [0, 0.05) is 43.9 Å². The average molecular weight is 587 g/mol. The number of fused-ring (bicyclic) bond motifs is 1. The lowest BCUT2D eigenvalue weighted by atomic mass is 10.0. The Morgan fingerprint density at radius 1 is 1.24 bits per heavy atom. The number of carbonyl (C=O) groups excluding carboxylic acids is 3. The van der Waals surface area contributed by atoms with Gasteiger partial charge in [-0.2, -0.15) is 11.8 Å². The molecule has 12 heteroatoms. The summed E-state index contributed by atoms with van der Waals surface area (Å²) in [6.45, 7) is 0.861. The number of carboxylic acid groups (broad SMARTS) is 1. The predicted octanol–water partition coefficient (Wildman–Crippen LogP) is 4.29. The summed E-state index contributed by atoms with van der Waals surface area (Å²) in [4.78, 5) is 50.3. The lowest BCUT2D eigenvalue weighted by Crippen LogP contribution is -2.49. The molecular weight excluding hydrogens is 557 g/mol. The highest BCUT2D eigenvalue weighted by Gasteiger charge is 2.27. The number of hydrogen-bond donors (Lipinski definition) is 3. The van der Waals surface area contributed by atoms with Crippen molar-refractivity contribution < 1.29 is 24.3 Å². The molecule has 1 aromatic heterocycles. The molecule has 1 fully saturated rings. The fraction of sp³-hybridized carbons (Fsp3) is 0.440. The highest BCUT2D eigenvalue weighted by Crippen LogP contribution is 2.37. The minimum absolute atomic E-state index is 0.0305. The Hall–Kier alpha value is -2.27. The standard InChI is InChI=1S/C25H29Cl2N3O5S2/c1-36-10-7-19(31)28-14-17(13-21(33)34)25(35)29-18-4-8-30(9-5-18)20(32)3-2-15-12-16-6-11-37-24(16)23(27)22(15)26/h2-3,6,11-12,17-18H,4-5,7-10,13-14H2,1H3,(H,28,31)(H,29,35)(H,33,34)/b3-2+. The van der Waals surface area contributed by atoms with E-state index in [1.807, 2.05) is 23.8 Å².